The number of aromatic nitrogens is 2. The average molecular weight is 333 g/mol. The van der Waals surface area contributed by atoms with E-state index >= 15 is 0 Å². The third-order valence-electron chi connectivity index (χ3n) is 5.38. The Hall–Kier alpha value is -1.89. The van der Waals surface area contributed by atoms with E-state index in [1.54, 1.807) is 10.9 Å². The summed E-state index contributed by atoms with van der Waals surface area (Å²) in [5, 5.41) is 4.16. The number of anilines is 1. The molecule has 2 aliphatic heterocycles. The van der Waals surface area contributed by atoms with Crippen molar-refractivity contribution < 1.29 is 9.59 Å². The normalized spacial score (nSPS) is 24.2. The van der Waals surface area contributed by atoms with Crippen molar-refractivity contribution in [2.45, 2.75) is 32.7 Å². The summed E-state index contributed by atoms with van der Waals surface area (Å²) in [5.74, 6) is 0.298. The van der Waals surface area contributed by atoms with Crippen LogP contribution in [0.5, 0.6) is 0 Å². The number of likely N-dealkylation sites (tertiary alicyclic amines) is 1. The lowest BCUT2D eigenvalue weighted by Gasteiger charge is -2.26. The first-order valence-electron chi connectivity index (χ1n) is 8.57. The van der Waals surface area contributed by atoms with Crippen LogP contribution in [0.1, 0.15) is 26.7 Å². The molecule has 1 atom stereocenters. The summed E-state index contributed by atoms with van der Waals surface area (Å²) >= 11 is 0. The number of nitrogens with zero attached hydrogens (tertiary/aromatic N) is 5. The summed E-state index contributed by atoms with van der Waals surface area (Å²) in [4.78, 5) is 30.8. The molecule has 24 heavy (non-hydrogen) atoms. The van der Waals surface area contributed by atoms with E-state index in [0.717, 1.165) is 18.7 Å². The van der Waals surface area contributed by atoms with E-state index in [1.165, 1.54) is 0 Å². The Balaban J connectivity index is 1.64. The van der Waals surface area contributed by atoms with Gasteiger partial charge in [-0.25, -0.2) is 0 Å². The molecule has 0 aromatic carbocycles. The fourth-order valence-corrected chi connectivity index (χ4v) is 3.60. The second kappa shape index (κ2) is 6.20. The van der Waals surface area contributed by atoms with Crippen LogP contribution in [0.25, 0.3) is 0 Å². The fourth-order valence-electron chi connectivity index (χ4n) is 3.60. The van der Waals surface area contributed by atoms with Crippen molar-refractivity contribution in [1.29, 1.82) is 0 Å². The molecule has 0 saturated carbocycles. The second-order valence-electron chi connectivity index (χ2n) is 7.60. The molecule has 7 heteroatoms. The van der Waals surface area contributed by atoms with Gasteiger partial charge >= 0.3 is 0 Å². The molecule has 2 saturated heterocycles. The zero-order valence-corrected chi connectivity index (χ0v) is 15.0. The number of hydrogen-bond donors (Lipinski definition) is 0. The maximum absolute atomic E-state index is 12.5. The van der Waals surface area contributed by atoms with E-state index in [1.807, 2.05) is 30.1 Å². The molecule has 0 N–H and O–H groups in total. The average Bonchev–Trinajstić information content (AvgIpc) is 3.19. The number of amides is 2. The van der Waals surface area contributed by atoms with Gasteiger partial charge < -0.3 is 9.80 Å². The minimum absolute atomic E-state index is 0.0982. The number of hydrogen-bond acceptors (Lipinski definition) is 4. The molecule has 0 bridgehead atoms. The Morgan fingerprint density at radius 2 is 2.17 bits per heavy atom. The highest BCUT2D eigenvalue weighted by atomic mass is 16.2. The molecule has 2 aliphatic rings. The second-order valence-corrected chi connectivity index (χ2v) is 7.60. The molecule has 132 valence electrons. The van der Waals surface area contributed by atoms with Gasteiger partial charge in [0, 0.05) is 50.8 Å². The van der Waals surface area contributed by atoms with Crippen molar-refractivity contribution in [3.63, 3.8) is 0 Å². The SMILES string of the molecule is CC(C)N(C)CC(=O)N1CCC2(CC(=O)N(c3cnn(C)c3)C2)C1. The Bertz CT molecular complexity index is 641. The van der Waals surface area contributed by atoms with E-state index < -0.39 is 0 Å². The van der Waals surface area contributed by atoms with Crippen molar-refractivity contribution in [3.8, 4) is 0 Å². The number of aryl methyl sites for hydroxylation is 1. The first kappa shape index (κ1) is 17.0. The molecule has 1 spiro atoms. The van der Waals surface area contributed by atoms with Gasteiger partial charge in [0.1, 0.15) is 0 Å². The van der Waals surface area contributed by atoms with Crippen LogP contribution in [0, 0.1) is 5.41 Å². The highest BCUT2D eigenvalue weighted by Gasteiger charge is 2.49. The van der Waals surface area contributed by atoms with Crippen LogP contribution in [0.4, 0.5) is 5.69 Å². The van der Waals surface area contributed by atoms with Gasteiger partial charge in [-0.1, -0.05) is 0 Å². The van der Waals surface area contributed by atoms with Gasteiger partial charge in [-0.05, 0) is 27.3 Å². The maximum atomic E-state index is 12.5. The van der Waals surface area contributed by atoms with Crippen molar-refractivity contribution >= 4 is 17.5 Å². The van der Waals surface area contributed by atoms with Gasteiger partial charge in [-0.3, -0.25) is 19.2 Å². The van der Waals surface area contributed by atoms with Gasteiger partial charge in [-0.2, -0.15) is 5.10 Å². The van der Waals surface area contributed by atoms with E-state index in [0.29, 0.717) is 32.1 Å². The minimum Gasteiger partial charge on any atom is -0.341 e. The largest absolute Gasteiger partial charge is 0.341 e. The first-order valence-corrected chi connectivity index (χ1v) is 8.57. The highest BCUT2D eigenvalue weighted by molar-refractivity contribution is 5.96. The third kappa shape index (κ3) is 3.17. The van der Waals surface area contributed by atoms with E-state index in [9.17, 15) is 9.59 Å². The van der Waals surface area contributed by atoms with E-state index in [4.69, 9.17) is 0 Å². The van der Waals surface area contributed by atoms with Gasteiger partial charge in [0.2, 0.25) is 11.8 Å². The van der Waals surface area contributed by atoms with Gasteiger partial charge in [0.25, 0.3) is 0 Å². The van der Waals surface area contributed by atoms with Crippen molar-refractivity contribution in [2.24, 2.45) is 12.5 Å². The zero-order valence-electron chi connectivity index (χ0n) is 15.0. The fraction of sp³-hybridized carbons (Fsp3) is 0.706. The lowest BCUT2D eigenvalue weighted by Crippen LogP contribution is -2.41. The Morgan fingerprint density at radius 1 is 1.42 bits per heavy atom. The predicted octanol–water partition coefficient (Wildman–Crippen LogP) is 0.716. The van der Waals surface area contributed by atoms with Gasteiger partial charge in [-0.15, -0.1) is 0 Å². The summed E-state index contributed by atoms with van der Waals surface area (Å²) in [5.41, 5.74) is 0.752. The van der Waals surface area contributed by atoms with E-state index in [2.05, 4.69) is 23.8 Å². The number of rotatable bonds is 4. The predicted molar refractivity (Wildman–Crippen MR) is 91.6 cm³/mol. The molecule has 0 aliphatic carbocycles. The molecule has 1 unspecified atom stereocenters. The first-order chi connectivity index (χ1) is 11.3. The van der Waals surface area contributed by atoms with Crippen LogP contribution in [0.2, 0.25) is 0 Å². The van der Waals surface area contributed by atoms with Crippen LogP contribution in [-0.2, 0) is 16.6 Å². The molecule has 1 aromatic heterocycles. The lowest BCUT2D eigenvalue weighted by atomic mass is 9.86. The third-order valence-corrected chi connectivity index (χ3v) is 5.38. The topological polar surface area (TPSA) is 61.7 Å². The molecule has 1 aromatic rings. The molecule has 2 fully saturated rings. The summed E-state index contributed by atoms with van der Waals surface area (Å²) < 4.78 is 1.71. The Morgan fingerprint density at radius 3 is 2.79 bits per heavy atom. The molecular weight excluding hydrogens is 306 g/mol. The summed E-state index contributed by atoms with van der Waals surface area (Å²) in [6.45, 7) is 6.72. The monoisotopic (exact) mass is 333 g/mol. The van der Waals surface area contributed by atoms with Crippen molar-refractivity contribution in [2.75, 3.05) is 38.1 Å². The Labute approximate surface area is 143 Å². The number of carbonyl (C=O) groups is 2. The molecule has 2 amide bonds. The van der Waals surface area contributed by atoms with Crippen molar-refractivity contribution in [3.05, 3.63) is 12.4 Å². The maximum Gasteiger partial charge on any atom is 0.236 e. The molecule has 3 rings (SSSR count). The van der Waals surface area contributed by atoms with Crippen LogP contribution < -0.4 is 4.90 Å². The number of likely N-dealkylation sites (N-methyl/N-ethyl adjacent to an activating group) is 1. The van der Waals surface area contributed by atoms with Crippen LogP contribution in [0.3, 0.4) is 0 Å². The molecule has 0 radical (unpaired) electrons. The zero-order chi connectivity index (χ0) is 17.5. The molecule has 3 heterocycles. The smallest absolute Gasteiger partial charge is 0.236 e. The number of carbonyl (C=O) groups excluding carboxylic acids is 2. The quantitative estimate of drug-likeness (QED) is 0.814. The van der Waals surface area contributed by atoms with Crippen LogP contribution in [0.15, 0.2) is 12.4 Å². The highest BCUT2D eigenvalue weighted by Crippen LogP contribution is 2.41. The lowest BCUT2D eigenvalue weighted by molar-refractivity contribution is -0.132. The van der Waals surface area contributed by atoms with Gasteiger partial charge in [0.05, 0.1) is 18.4 Å². The van der Waals surface area contributed by atoms with Crippen LogP contribution >= 0.6 is 0 Å². The molecular formula is C17H27N5O2. The minimum atomic E-state index is -0.0982. The van der Waals surface area contributed by atoms with Crippen molar-refractivity contribution in [1.82, 2.24) is 19.6 Å². The Kier molecular flexibility index (Phi) is 4.38. The van der Waals surface area contributed by atoms with Crippen LogP contribution in [-0.4, -0.2) is 70.7 Å². The standard InChI is InChI=1S/C17H27N5O2/c1-13(2)19(3)10-16(24)21-6-5-17(11-21)7-15(23)22(12-17)14-8-18-20(4)9-14/h8-9,13H,5-7,10-12H2,1-4H3. The summed E-state index contributed by atoms with van der Waals surface area (Å²) in [6, 6.07) is 0.347. The summed E-state index contributed by atoms with van der Waals surface area (Å²) in [6.07, 6.45) is 5.01. The molecule has 7 nitrogen and oxygen atoms in total. The van der Waals surface area contributed by atoms with Gasteiger partial charge in [0.15, 0.2) is 0 Å². The van der Waals surface area contributed by atoms with E-state index in [-0.39, 0.29) is 17.2 Å². The summed E-state index contributed by atoms with van der Waals surface area (Å²) in [7, 11) is 3.82.